The van der Waals surface area contributed by atoms with E-state index in [1.165, 1.54) is 6.92 Å². The highest BCUT2D eigenvalue weighted by Crippen LogP contribution is 2.06. The molecular formula is C7H15N3O5. The summed E-state index contributed by atoms with van der Waals surface area (Å²) in [6, 6.07) is 0. The molecule has 8 nitrogen and oxygen atoms in total. The quantitative estimate of drug-likeness (QED) is 0.184. The lowest BCUT2D eigenvalue weighted by Gasteiger charge is -2.24. The highest BCUT2D eigenvalue weighted by atomic mass is 16.6. The molecule has 3 unspecified atom stereocenters. The molecule has 0 aromatic carbocycles. The number of aliphatic hydroxyl groups is 4. The van der Waals surface area contributed by atoms with Crippen LogP contribution in [0.5, 0.6) is 0 Å². The van der Waals surface area contributed by atoms with E-state index in [1.54, 1.807) is 0 Å². The summed E-state index contributed by atoms with van der Waals surface area (Å²) in [6.45, 7) is 0.536. The standard InChI is InChI=1S/C7H15N3O5/c1-4(12)6(2-9-10-8)15-7(14)5(13)3-11/h4-7,11-14H,2-3H2,1H3/t4-,5?,6?,7?/m0/s1. The Kier molecular flexibility index (Phi) is 6.97. The maximum atomic E-state index is 9.18. The smallest absolute Gasteiger partial charge is 0.183 e. The molecule has 0 rings (SSSR count). The van der Waals surface area contributed by atoms with Gasteiger partial charge in [0.05, 0.1) is 25.4 Å². The molecule has 0 saturated heterocycles. The molecule has 0 aliphatic rings. The van der Waals surface area contributed by atoms with Gasteiger partial charge in [0.25, 0.3) is 0 Å². The Bertz CT molecular complexity index is 219. The van der Waals surface area contributed by atoms with Crippen LogP contribution in [0.25, 0.3) is 10.4 Å². The first-order chi connectivity index (χ1) is 7.02. The van der Waals surface area contributed by atoms with Crippen LogP contribution in [0.15, 0.2) is 5.11 Å². The fraction of sp³-hybridized carbons (Fsp3) is 1.00. The molecule has 4 N–H and O–H groups in total. The lowest BCUT2D eigenvalue weighted by molar-refractivity contribution is -0.208. The topological polar surface area (TPSA) is 139 Å². The molecule has 0 aliphatic carbocycles. The van der Waals surface area contributed by atoms with Crippen LogP contribution in [-0.4, -0.2) is 58.2 Å². The molecule has 0 fully saturated rings. The summed E-state index contributed by atoms with van der Waals surface area (Å²) in [5.41, 5.74) is 8.06. The number of hydrogen-bond acceptors (Lipinski definition) is 6. The van der Waals surface area contributed by atoms with E-state index < -0.39 is 31.2 Å². The molecular weight excluding hydrogens is 206 g/mol. The maximum Gasteiger partial charge on any atom is 0.183 e. The Labute approximate surface area is 86.4 Å². The minimum atomic E-state index is -1.64. The van der Waals surface area contributed by atoms with Crippen molar-refractivity contribution in [1.82, 2.24) is 0 Å². The highest BCUT2D eigenvalue weighted by molar-refractivity contribution is 4.70. The second kappa shape index (κ2) is 7.41. The van der Waals surface area contributed by atoms with Crippen molar-refractivity contribution in [2.24, 2.45) is 5.11 Å². The zero-order valence-corrected chi connectivity index (χ0v) is 8.26. The van der Waals surface area contributed by atoms with Crippen LogP contribution in [0.2, 0.25) is 0 Å². The predicted molar refractivity (Wildman–Crippen MR) is 49.7 cm³/mol. The van der Waals surface area contributed by atoms with Crippen molar-refractivity contribution in [2.75, 3.05) is 13.2 Å². The summed E-state index contributed by atoms with van der Waals surface area (Å²) in [5.74, 6) is 0. The van der Waals surface area contributed by atoms with Gasteiger partial charge >= 0.3 is 0 Å². The second-order valence-electron chi connectivity index (χ2n) is 2.97. The van der Waals surface area contributed by atoms with E-state index in [0.29, 0.717) is 0 Å². The molecule has 8 heteroatoms. The van der Waals surface area contributed by atoms with E-state index in [9.17, 15) is 5.11 Å². The van der Waals surface area contributed by atoms with E-state index >= 15 is 0 Å². The zero-order valence-electron chi connectivity index (χ0n) is 8.26. The minimum Gasteiger partial charge on any atom is -0.393 e. The second-order valence-corrected chi connectivity index (χ2v) is 2.97. The summed E-state index contributed by atoms with van der Waals surface area (Å²) in [6.07, 6.45) is -5.01. The van der Waals surface area contributed by atoms with Crippen molar-refractivity contribution < 1.29 is 25.2 Å². The summed E-state index contributed by atoms with van der Waals surface area (Å²) < 4.78 is 4.80. The third-order valence-electron chi connectivity index (χ3n) is 1.69. The van der Waals surface area contributed by atoms with Crippen molar-refractivity contribution in [2.45, 2.75) is 31.5 Å². The van der Waals surface area contributed by atoms with Crippen molar-refractivity contribution in [3.05, 3.63) is 10.4 Å². The van der Waals surface area contributed by atoms with Crippen LogP contribution < -0.4 is 0 Å². The molecule has 0 saturated carbocycles. The molecule has 0 heterocycles. The molecule has 0 radical (unpaired) electrons. The van der Waals surface area contributed by atoms with Crippen LogP contribution in [0.1, 0.15) is 6.92 Å². The van der Waals surface area contributed by atoms with E-state index in [1.807, 2.05) is 0 Å². The summed E-state index contributed by atoms with van der Waals surface area (Å²) in [5, 5.41) is 39.0. The van der Waals surface area contributed by atoms with Crippen LogP contribution in [0.3, 0.4) is 0 Å². The Balaban J connectivity index is 4.21. The monoisotopic (exact) mass is 221 g/mol. The molecule has 0 bridgehead atoms. The van der Waals surface area contributed by atoms with Gasteiger partial charge in [0, 0.05) is 4.91 Å². The number of nitrogens with zero attached hydrogens (tertiary/aromatic N) is 3. The van der Waals surface area contributed by atoms with Crippen LogP contribution in [-0.2, 0) is 4.74 Å². The van der Waals surface area contributed by atoms with E-state index in [4.69, 9.17) is 25.6 Å². The van der Waals surface area contributed by atoms with Gasteiger partial charge in [-0.25, -0.2) is 0 Å². The SMILES string of the molecule is C[C@H](O)C(CN=[N+]=[N-])OC(O)C(O)CO. The lowest BCUT2D eigenvalue weighted by Crippen LogP contribution is -2.40. The predicted octanol–water partition coefficient (Wildman–Crippen LogP) is -1.27. The Morgan fingerprint density at radius 1 is 1.40 bits per heavy atom. The van der Waals surface area contributed by atoms with Crippen LogP contribution >= 0.6 is 0 Å². The van der Waals surface area contributed by atoms with Gasteiger partial charge in [0.1, 0.15) is 6.10 Å². The van der Waals surface area contributed by atoms with Crippen LogP contribution in [0, 0.1) is 0 Å². The third-order valence-corrected chi connectivity index (χ3v) is 1.69. The van der Waals surface area contributed by atoms with Gasteiger partial charge in [0.15, 0.2) is 6.29 Å². The van der Waals surface area contributed by atoms with Crippen molar-refractivity contribution in [1.29, 1.82) is 0 Å². The van der Waals surface area contributed by atoms with E-state index in [-0.39, 0.29) is 6.54 Å². The summed E-state index contributed by atoms with van der Waals surface area (Å²) >= 11 is 0. The lowest BCUT2D eigenvalue weighted by atomic mass is 10.2. The average Bonchev–Trinajstić information content (AvgIpc) is 2.22. The molecule has 4 atom stereocenters. The zero-order chi connectivity index (χ0) is 11.8. The first kappa shape index (κ1) is 14.1. The Morgan fingerprint density at radius 3 is 2.40 bits per heavy atom. The number of ether oxygens (including phenoxy) is 1. The Morgan fingerprint density at radius 2 is 2.00 bits per heavy atom. The maximum absolute atomic E-state index is 9.18. The van der Waals surface area contributed by atoms with Crippen molar-refractivity contribution in [3.63, 3.8) is 0 Å². The number of aliphatic hydroxyl groups excluding tert-OH is 4. The number of hydrogen-bond donors (Lipinski definition) is 4. The fourth-order valence-corrected chi connectivity index (χ4v) is 0.786. The van der Waals surface area contributed by atoms with Crippen molar-refractivity contribution >= 4 is 0 Å². The van der Waals surface area contributed by atoms with Gasteiger partial charge in [-0.2, -0.15) is 0 Å². The molecule has 0 aromatic heterocycles. The molecule has 0 aromatic rings. The molecule has 0 spiro atoms. The van der Waals surface area contributed by atoms with E-state index in [0.717, 1.165) is 0 Å². The Hall–Kier alpha value is -0.890. The van der Waals surface area contributed by atoms with E-state index in [2.05, 4.69) is 10.0 Å². The largest absolute Gasteiger partial charge is 0.393 e. The van der Waals surface area contributed by atoms with Gasteiger partial charge in [-0.3, -0.25) is 0 Å². The summed E-state index contributed by atoms with van der Waals surface area (Å²) in [7, 11) is 0. The average molecular weight is 221 g/mol. The normalized spacial score (nSPS) is 18.7. The van der Waals surface area contributed by atoms with Gasteiger partial charge in [-0.05, 0) is 12.5 Å². The highest BCUT2D eigenvalue weighted by Gasteiger charge is 2.23. The first-order valence-corrected chi connectivity index (χ1v) is 4.34. The molecule has 0 amide bonds. The fourth-order valence-electron chi connectivity index (χ4n) is 0.786. The molecule has 88 valence electrons. The third kappa shape index (κ3) is 5.53. The van der Waals surface area contributed by atoms with Gasteiger partial charge in [-0.15, -0.1) is 0 Å². The van der Waals surface area contributed by atoms with Gasteiger partial charge in [0.2, 0.25) is 0 Å². The molecule has 15 heavy (non-hydrogen) atoms. The number of rotatable bonds is 7. The van der Waals surface area contributed by atoms with Crippen LogP contribution in [0.4, 0.5) is 0 Å². The first-order valence-electron chi connectivity index (χ1n) is 4.34. The van der Waals surface area contributed by atoms with Gasteiger partial charge in [-0.1, -0.05) is 5.11 Å². The molecule has 0 aliphatic heterocycles. The summed E-state index contributed by atoms with van der Waals surface area (Å²) in [4.78, 5) is 2.47. The number of azide groups is 1. The minimum absolute atomic E-state index is 0.177. The van der Waals surface area contributed by atoms with Gasteiger partial charge < -0.3 is 25.2 Å². The van der Waals surface area contributed by atoms with Crippen molar-refractivity contribution in [3.8, 4) is 0 Å².